The topological polar surface area (TPSA) is 79.3 Å². The second-order valence-corrected chi connectivity index (χ2v) is 4.61. The molecule has 16 heavy (non-hydrogen) atoms. The highest BCUT2D eigenvalue weighted by Gasteiger charge is 2.30. The quantitative estimate of drug-likeness (QED) is 0.830. The number of carboxylic acid groups (broad SMARTS) is 1. The molecule has 0 radical (unpaired) electrons. The van der Waals surface area contributed by atoms with Crippen molar-refractivity contribution in [1.29, 1.82) is 0 Å². The summed E-state index contributed by atoms with van der Waals surface area (Å²) in [4.78, 5) is 26.3. The smallest absolute Gasteiger partial charge is 0.306 e. The van der Waals surface area contributed by atoms with Crippen molar-refractivity contribution in [3.05, 3.63) is 16.6 Å². The van der Waals surface area contributed by atoms with E-state index in [0.717, 1.165) is 6.42 Å². The van der Waals surface area contributed by atoms with Crippen LogP contribution in [0.5, 0.6) is 0 Å². The Bertz CT molecular complexity index is 391. The number of hydrogen-bond donors (Lipinski definition) is 2. The van der Waals surface area contributed by atoms with Gasteiger partial charge >= 0.3 is 5.97 Å². The third-order valence-electron chi connectivity index (χ3n) is 2.78. The molecule has 1 aromatic rings. The average Bonchev–Trinajstić information content (AvgIpc) is 2.87. The van der Waals surface area contributed by atoms with E-state index < -0.39 is 5.97 Å². The van der Waals surface area contributed by atoms with E-state index in [0.29, 0.717) is 18.5 Å². The number of nitrogens with zero attached hydrogens (tertiary/aromatic N) is 1. The summed E-state index contributed by atoms with van der Waals surface area (Å²) in [5, 5.41) is 13.3. The Morgan fingerprint density at radius 2 is 2.31 bits per heavy atom. The predicted octanol–water partition coefficient (Wildman–Crippen LogP) is 1.13. The average molecular weight is 240 g/mol. The molecule has 5 nitrogen and oxygen atoms in total. The van der Waals surface area contributed by atoms with Crippen molar-refractivity contribution >= 4 is 23.2 Å². The Hall–Kier alpha value is -1.43. The summed E-state index contributed by atoms with van der Waals surface area (Å²) in [6, 6.07) is -0.0321. The minimum Gasteiger partial charge on any atom is -0.481 e. The van der Waals surface area contributed by atoms with Crippen molar-refractivity contribution in [2.24, 2.45) is 5.92 Å². The molecule has 6 heteroatoms. The molecule has 2 atom stereocenters. The molecule has 1 fully saturated rings. The molecule has 0 saturated heterocycles. The Morgan fingerprint density at radius 3 is 2.88 bits per heavy atom. The van der Waals surface area contributed by atoms with Crippen molar-refractivity contribution in [1.82, 2.24) is 10.3 Å². The number of nitrogens with one attached hydrogen (secondary N) is 1. The molecule has 1 aromatic heterocycles. The fourth-order valence-electron chi connectivity index (χ4n) is 1.92. The normalized spacial score (nSPS) is 24.2. The maximum Gasteiger partial charge on any atom is 0.306 e. The zero-order valence-corrected chi connectivity index (χ0v) is 9.37. The number of amides is 1. The van der Waals surface area contributed by atoms with Gasteiger partial charge in [0.2, 0.25) is 0 Å². The van der Waals surface area contributed by atoms with Gasteiger partial charge in [0, 0.05) is 11.4 Å². The summed E-state index contributed by atoms with van der Waals surface area (Å²) in [5.74, 6) is -1.30. The van der Waals surface area contributed by atoms with Crippen molar-refractivity contribution in [2.75, 3.05) is 0 Å². The van der Waals surface area contributed by atoms with E-state index in [-0.39, 0.29) is 17.9 Å². The van der Waals surface area contributed by atoms with Crippen molar-refractivity contribution in [3.8, 4) is 0 Å². The molecule has 0 bridgehead atoms. The molecule has 2 N–H and O–H groups in total. The molecule has 2 rings (SSSR count). The van der Waals surface area contributed by atoms with Gasteiger partial charge in [0.05, 0.1) is 11.4 Å². The highest BCUT2D eigenvalue weighted by atomic mass is 32.1. The summed E-state index contributed by atoms with van der Waals surface area (Å²) in [6.07, 6.45) is 1.88. The number of aliphatic carboxylic acids is 1. The van der Waals surface area contributed by atoms with Crippen LogP contribution in [0.25, 0.3) is 0 Å². The van der Waals surface area contributed by atoms with Crippen LogP contribution >= 0.6 is 11.3 Å². The molecule has 0 unspecified atom stereocenters. The fourth-order valence-corrected chi connectivity index (χ4v) is 2.45. The largest absolute Gasteiger partial charge is 0.481 e. The Kier molecular flexibility index (Phi) is 3.19. The lowest BCUT2D eigenvalue weighted by Crippen LogP contribution is -2.33. The second-order valence-electron chi connectivity index (χ2n) is 3.89. The van der Waals surface area contributed by atoms with Gasteiger partial charge in [-0.05, 0) is 19.3 Å². The molecule has 0 spiro atoms. The van der Waals surface area contributed by atoms with Crippen LogP contribution in [0.2, 0.25) is 0 Å². The minimum atomic E-state index is -0.773. The van der Waals surface area contributed by atoms with Crippen LogP contribution in [-0.2, 0) is 4.79 Å². The fraction of sp³-hybridized carbons (Fsp3) is 0.500. The highest BCUT2D eigenvalue weighted by molar-refractivity contribution is 7.07. The zero-order chi connectivity index (χ0) is 11.5. The standard InChI is InChI=1S/C10H12N2O3S/c13-9(8-4-16-5-11-8)12-7-2-1-6(3-7)10(14)15/h4-7H,1-3H2,(H,12,13)(H,14,15)/t6-,7+/m0/s1. The molecule has 1 aliphatic rings. The first-order valence-electron chi connectivity index (χ1n) is 5.08. The van der Waals surface area contributed by atoms with Crippen LogP contribution in [-0.4, -0.2) is 28.0 Å². The van der Waals surface area contributed by atoms with Gasteiger partial charge in [-0.2, -0.15) is 0 Å². The maximum atomic E-state index is 11.6. The van der Waals surface area contributed by atoms with E-state index >= 15 is 0 Å². The second kappa shape index (κ2) is 4.61. The Balaban J connectivity index is 1.88. The first kappa shape index (κ1) is 11.1. The van der Waals surface area contributed by atoms with Crippen LogP contribution in [0.15, 0.2) is 10.9 Å². The molecular formula is C10H12N2O3S. The van der Waals surface area contributed by atoms with Gasteiger partial charge in [0.25, 0.3) is 5.91 Å². The number of carboxylic acids is 1. The number of hydrogen-bond acceptors (Lipinski definition) is 4. The number of rotatable bonds is 3. The van der Waals surface area contributed by atoms with E-state index in [4.69, 9.17) is 5.11 Å². The van der Waals surface area contributed by atoms with Crippen molar-refractivity contribution in [3.63, 3.8) is 0 Å². The molecule has 1 amide bonds. The van der Waals surface area contributed by atoms with Gasteiger partial charge in [0.15, 0.2) is 0 Å². The van der Waals surface area contributed by atoms with Crippen molar-refractivity contribution < 1.29 is 14.7 Å². The van der Waals surface area contributed by atoms with Gasteiger partial charge in [-0.3, -0.25) is 9.59 Å². The SMILES string of the molecule is O=C(N[C@@H]1CC[C@H](C(=O)O)C1)c1cscn1. The van der Waals surface area contributed by atoms with E-state index in [1.807, 2.05) is 0 Å². The lowest BCUT2D eigenvalue weighted by molar-refractivity contribution is -0.141. The van der Waals surface area contributed by atoms with Crippen LogP contribution < -0.4 is 5.32 Å². The van der Waals surface area contributed by atoms with E-state index in [2.05, 4.69) is 10.3 Å². The van der Waals surface area contributed by atoms with Crippen LogP contribution in [0.1, 0.15) is 29.8 Å². The lowest BCUT2D eigenvalue weighted by atomic mass is 10.1. The predicted molar refractivity (Wildman–Crippen MR) is 58.3 cm³/mol. The van der Waals surface area contributed by atoms with Gasteiger partial charge in [-0.1, -0.05) is 0 Å². The number of carbonyl (C=O) groups excluding carboxylic acids is 1. The summed E-state index contributed by atoms with van der Waals surface area (Å²) >= 11 is 1.37. The first-order valence-corrected chi connectivity index (χ1v) is 6.03. The summed E-state index contributed by atoms with van der Waals surface area (Å²) in [5.41, 5.74) is 2.01. The summed E-state index contributed by atoms with van der Waals surface area (Å²) in [7, 11) is 0. The molecule has 0 aliphatic heterocycles. The molecule has 86 valence electrons. The van der Waals surface area contributed by atoms with Crippen LogP contribution in [0.3, 0.4) is 0 Å². The van der Waals surface area contributed by atoms with Crippen LogP contribution in [0.4, 0.5) is 0 Å². The van der Waals surface area contributed by atoms with Gasteiger partial charge in [0.1, 0.15) is 5.69 Å². The maximum absolute atomic E-state index is 11.6. The Morgan fingerprint density at radius 1 is 1.50 bits per heavy atom. The molecule has 0 aromatic carbocycles. The van der Waals surface area contributed by atoms with Gasteiger partial charge < -0.3 is 10.4 Å². The number of thiazole rings is 1. The lowest BCUT2D eigenvalue weighted by Gasteiger charge is -2.10. The number of aromatic nitrogens is 1. The molecule has 1 saturated carbocycles. The minimum absolute atomic E-state index is 0.0321. The van der Waals surface area contributed by atoms with Crippen LogP contribution in [0, 0.1) is 5.92 Å². The Labute approximate surface area is 96.5 Å². The summed E-state index contributed by atoms with van der Waals surface area (Å²) in [6.45, 7) is 0. The highest BCUT2D eigenvalue weighted by Crippen LogP contribution is 2.25. The van der Waals surface area contributed by atoms with E-state index in [1.54, 1.807) is 10.9 Å². The van der Waals surface area contributed by atoms with E-state index in [9.17, 15) is 9.59 Å². The third-order valence-corrected chi connectivity index (χ3v) is 3.37. The molecule has 1 aliphatic carbocycles. The van der Waals surface area contributed by atoms with Gasteiger partial charge in [-0.15, -0.1) is 11.3 Å². The third kappa shape index (κ3) is 2.38. The molecule has 1 heterocycles. The van der Waals surface area contributed by atoms with Gasteiger partial charge in [-0.25, -0.2) is 4.98 Å². The number of carbonyl (C=O) groups is 2. The monoisotopic (exact) mass is 240 g/mol. The first-order chi connectivity index (χ1) is 7.66. The zero-order valence-electron chi connectivity index (χ0n) is 8.55. The van der Waals surface area contributed by atoms with Crippen molar-refractivity contribution in [2.45, 2.75) is 25.3 Å². The van der Waals surface area contributed by atoms with E-state index in [1.165, 1.54) is 11.3 Å². The summed E-state index contributed by atoms with van der Waals surface area (Å²) < 4.78 is 0. The molecular weight excluding hydrogens is 228 g/mol.